The lowest BCUT2D eigenvalue weighted by molar-refractivity contribution is -0.0506. The van der Waals surface area contributed by atoms with E-state index in [2.05, 4.69) is 17.0 Å². The highest BCUT2D eigenvalue weighted by Gasteiger charge is 2.21. The Labute approximate surface area is 123 Å². The van der Waals surface area contributed by atoms with E-state index in [1.54, 1.807) is 19.2 Å². The summed E-state index contributed by atoms with van der Waals surface area (Å²) in [6, 6.07) is 5.11. The Morgan fingerprint density at radius 1 is 1.38 bits per heavy atom. The first-order valence-corrected chi connectivity index (χ1v) is 7.01. The molecule has 0 radical (unpaired) electrons. The zero-order valence-corrected chi connectivity index (χ0v) is 12.3. The van der Waals surface area contributed by atoms with E-state index in [1.165, 1.54) is 6.07 Å². The molecule has 1 aromatic rings. The van der Waals surface area contributed by atoms with Crippen LogP contribution < -0.4 is 14.8 Å². The summed E-state index contributed by atoms with van der Waals surface area (Å²) in [4.78, 5) is 0. The first kappa shape index (κ1) is 16.0. The summed E-state index contributed by atoms with van der Waals surface area (Å²) >= 11 is 0. The van der Waals surface area contributed by atoms with Gasteiger partial charge in [0.05, 0.1) is 20.3 Å². The van der Waals surface area contributed by atoms with E-state index in [0.717, 1.165) is 19.6 Å². The fourth-order valence-corrected chi connectivity index (χ4v) is 2.32. The van der Waals surface area contributed by atoms with E-state index < -0.39 is 6.61 Å². The Morgan fingerprint density at radius 2 is 2.14 bits per heavy atom. The molecule has 1 aliphatic rings. The standard InChI is InChI=1S/C15H21F2NO3/c1-10(5-11-8-20-9-11)18-7-12-6-13(19-2)3-4-14(12)21-15(16)17/h3-4,6,10-11,15,18H,5,7-9H2,1-2H3. The highest BCUT2D eigenvalue weighted by atomic mass is 19.3. The van der Waals surface area contributed by atoms with Crippen LogP contribution in [0.15, 0.2) is 18.2 Å². The van der Waals surface area contributed by atoms with Crippen LogP contribution in [-0.2, 0) is 11.3 Å². The van der Waals surface area contributed by atoms with E-state index in [4.69, 9.17) is 9.47 Å². The summed E-state index contributed by atoms with van der Waals surface area (Å²) in [5.41, 5.74) is 0.659. The molecular formula is C15H21F2NO3. The number of halogens is 2. The summed E-state index contributed by atoms with van der Waals surface area (Å²) in [6.45, 7) is 1.32. The minimum Gasteiger partial charge on any atom is -0.497 e. The maximum atomic E-state index is 12.4. The fraction of sp³-hybridized carbons (Fsp3) is 0.600. The van der Waals surface area contributed by atoms with Gasteiger partial charge in [0.25, 0.3) is 0 Å². The maximum Gasteiger partial charge on any atom is 0.387 e. The van der Waals surface area contributed by atoms with E-state index in [1.807, 2.05) is 0 Å². The lowest BCUT2D eigenvalue weighted by Crippen LogP contribution is -2.35. The molecule has 1 heterocycles. The van der Waals surface area contributed by atoms with Crippen molar-refractivity contribution in [1.82, 2.24) is 5.32 Å². The minimum atomic E-state index is -2.83. The molecule has 0 aliphatic carbocycles. The van der Waals surface area contributed by atoms with Crippen LogP contribution in [0.25, 0.3) is 0 Å². The van der Waals surface area contributed by atoms with Gasteiger partial charge in [0.2, 0.25) is 0 Å². The van der Waals surface area contributed by atoms with Gasteiger partial charge < -0.3 is 19.5 Å². The van der Waals surface area contributed by atoms with Gasteiger partial charge in [0, 0.05) is 24.1 Å². The number of methoxy groups -OCH3 is 1. The molecule has 0 bridgehead atoms. The van der Waals surface area contributed by atoms with Crippen LogP contribution in [0.2, 0.25) is 0 Å². The molecule has 2 rings (SSSR count). The lowest BCUT2D eigenvalue weighted by atomic mass is 9.99. The molecule has 1 N–H and O–H groups in total. The molecule has 0 aromatic heterocycles. The van der Waals surface area contributed by atoms with Gasteiger partial charge in [-0.05, 0) is 31.5 Å². The molecule has 1 fully saturated rings. The Kier molecular flexibility index (Phi) is 5.76. The number of hydrogen-bond acceptors (Lipinski definition) is 4. The first-order valence-electron chi connectivity index (χ1n) is 7.01. The zero-order chi connectivity index (χ0) is 15.2. The van der Waals surface area contributed by atoms with Crippen LogP contribution in [-0.4, -0.2) is 33.0 Å². The monoisotopic (exact) mass is 301 g/mol. The van der Waals surface area contributed by atoms with Gasteiger partial charge >= 0.3 is 6.61 Å². The third kappa shape index (κ3) is 4.82. The quantitative estimate of drug-likeness (QED) is 0.801. The second-order valence-electron chi connectivity index (χ2n) is 5.27. The van der Waals surface area contributed by atoms with E-state index in [0.29, 0.717) is 23.8 Å². The molecule has 21 heavy (non-hydrogen) atoms. The number of rotatable bonds is 8. The van der Waals surface area contributed by atoms with E-state index >= 15 is 0 Å². The number of ether oxygens (including phenoxy) is 3. The number of nitrogens with one attached hydrogen (secondary N) is 1. The Balaban J connectivity index is 1.95. The van der Waals surface area contributed by atoms with Gasteiger partial charge in [0.1, 0.15) is 11.5 Å². The summed E-state index contributed by atoms with van der Waals surface area (Å²) in [5.74, 6) is 1.39. The van der Waals surface area contributed by atoms with Gasteiger partial charge in [-0.15, -0.1) is 0 Å². The number of benzene rings is 1. The Hall–Kier alpha value is -1.40. The molecule has 1 aliphatic heterocycles. The third-order valence-corrected chi connectivity index (χ3v) is 3.52. The predicted octanol–water partition coefficient (Wildman–Crippen LogP) is 2.81. The van der Waals surface area contributed by atoms with Crippen molar-refractivity contribution >= 4 is 0 Å². The fourth-order valence-electron chi connectivity index (χ4n) is 2.32. The van der Waals surface area contributed by atoms with Crippen molar-refractivity contribution in [1.29, 1.82) is 0 Å². The number of alkyl halides is 2. The average molecular weight is 301 g/mol. The van der Waals surface area contributed by atoms with Gasteiger partial charge in [-0.1, -0.05) is 0 Å². The molecular weight excluding hydrogens is 280 g/mol. The molecule has 4 nitrogen and oxygen atoms in total. The molecule has 1 unspecified atom stereocenters. The van der Waals surface area contributed by atoms with Crippen molar-refractivity contribution < 1.29 is 23.0 Å². The molecule has 118 valence electrons. The van der Waals surface area contributed by atoms with Crippen molar-refractivity contribution in [2.75, 3.05) is 20.3 Å². The second kappa shape index (κ2) is 7.56. The van der Waals surface area contributed by atoms with Crippen LogP contribution in [0.5, 0.6) is 11.5 Å². The van der Waals surface area contributed by atoms with Gasteiger partial charge in [-0.25, -0.2) is 0 Å². The molecule has 1 aromatic carbocycles. The molecule has 1 saturated heterocycles. The summed E-state index contributed by atoms with van der Waals surface area (Å²) in [5, 5.41) is 3.33. The Morgan fingerprint density at radius 3 is 2.71 bits per heavy atom. The summed E-state index contributed by atoms with van der Waals surface area (Å²) < 4.78 is 39.6. The molecule has 0 amide bonds. The van der Waals surface area contributed by atoms with Crippen molar-refractivity contribution in [2.45, 2.75) is 32.5 Å². The van der Waals surface area contributed by atoms with Crippen LogP contribution in [0.4, 0.5) is 8.78 Å². The van der Waals surface area contributed by atoms with Gasteiger partial charge in [-0.2, -0.15) is 8.78 Å². The first-order chi connectivity index (χ1) is 10.1. The predicted molar refractivity (Wildman–Crippen MR) is 74.9 cm³/mol. The Bertz CT molecular complexity index is 453. The van der Waals surface area contributed by atoms with Crippen LogP contribution in [0.3, 0.4) is 0 Å². The van der Waals surface area contributed by atoms with Crippen LogP contribution in [0.1, 0.15) is 18.9 Å². The maximum absolute atomic E-state index is 12.4. The topological polar surface area (TPSA) is 39.7 Å². The molecule has 0 saturated carbocycles. The average Bonchev–Trinajstić information content (AvgIpc) is 2.41. The number of hydrogen-bond donors (Lipinski definition) is 1. The molecule has 0 spiro atoms. The lowest BCUT2D eigenvalue weighted by Gasteiger charge is -2.29. The molecule has 1 atom stereocenters. The van der Waals surface area contributed by atoms with Crippen LogP contribution >= 0.6 is 0 Å². The van der Waals surface area contributed by atoms with Crippen molar-refractivity contribution in [3.05, 3.63) is 23.8 Å². The summed E-state index contributed by atoms with van der Waals surface area (Å²) in [7, 11) is 1.54. The van der Waals surface area contributed by atoms with Crippen molar-refractivity contribution in [3.8, 4) is 11.5 Å². The largest absolute Gasteiger partial charge is 0.497 e. The van der Waals surface area contributed by atoms with E-state index in [9.17, 15) is 8.78 Å². The van der Waals surface area contributed by atoms with E-state index in [-0.39, 0.29) is 11.8 Å². The third-order valence-electron chi connectivity index (χ3n) is 3.52. The highest BCUT2D eigenvalue weighted by molar-refractivity contribution is 5.40. The van der Waals surface area contributed by atoms with Crippen LogP contribution in [0, 0.1) is 5.92 Å². The smallest absolute Gasteiger partial charge is 0.387 e. The second-order valence-corrected chi connectivity index (χ2v) is 5.27. The SMILES string of the molecule is COc1ccc(OC(F)F)c(CNC(C)CC2COC2)c1. The van der Waals surface area contributed by atoms with Crippen molar-refractivity contribution in [3.63, 3.8) is 0 Å². The normalized spacial score (nSPS) is 16.6. The summed E-state index contributed by atoms with van der Waals surface area (Å²) in [6.07, 6.45) is 1.01. The zero-order valence-electron chi connectivity index (χ0n) is 12.3. The van der Waals surface area contributed by atoms with Gasteiger partial charge in [-0.3, -0.25) is 0 Å². The molecule has 6 heteroatoms. The minimum absolute atomic E-state index is 0.178. The van der Waals surface area contributed by atoms with Crippen molar-refractivity contribution in [2.24, 2.45) is 5.92 Å². The van der Waals surface area contributed by atoms with Gasteiger partial charge in [0.15, 0.2) is 0 Å². The highest BCUT2D eigenvalue weighted by Crippen LogP contribution is 2.26.